The van der Waals surface area contributed by atoms with Gasteiger partial charge in [0.1, 0.15) is 0 Å². The molecule has 0 bridgehead atoms. The highest BCUT2D eigenvalue weighted by molar-refractivity contribution is 7.88. The summed E-state index contributed by atoms with van der Waals surface area (Å²) in [5.41, 5.74) is 7.32. The molecule has 0 aliphatic carbocycles. The SMILES string of the molecule is NCc1ccccc1CS(=O)(=O)NCCN1CCCCC1. The first-order valence-electron chi connectivity index (χ1n) is 7.57. The van der Waals surface area contributed by atoms with Crippen molar-refractivity contribution >= 4 is 10.0 Å². The van der Waals surface area contributed by atoms with Gasteiger partial charge in [-0.3, -0.25) is 0 Å². The average Bonchev–Trinajstić information content (AvgIpc) is 2.48. The minimum atomic E-state index is -3.30. The predicted octanol–water partition coefficient (Wildman–Crippen LogP) is 1.05. The van der Waals surface area contributed by atoms with E-state index < -0.39 is 10.0 Å². The van der Waals surface area contributed by atoms with Crippen LogP contribution in [0.4, 0.5) is 0 Å². The zero-order valence-corrected chi connectivity index (χ0v) is 13.2. The molecule has 118 valence electrons. The molecule has 5 nitrogen and oxygen atoms in total. The molecule has 3 N–H and O–H groups in total. The van der Waals surface area contributed by atoms with Gasteiger partial charge in [-0.2, -0.15) is 0 Å². The Morgan fingerprint density at radius 3 is 2.43 bits per heavy atom. The van der Waals surface area contributed by atoms with Crippen LogP contribution in [0.2, 0.25) is 0 Å². The predicted molar refractivity (Wildman–Crippen MR) is 85.3 cm³/mol. The molecule has 0 atom stereocenters. The molecular weight excluding hydrogens is 286 g/mol. The summed E-state index contributed by atoms with van der Waals surface area (Å²) in [4.78, 5) is 2.32. The number of benzene rings is 1. The molecule has 2 rings (SSSR count). The van der Waals surface area contributed by atoms with E-state index >= 15 is 0 Å². The highest BCUT2D eigenvalue weighted by Gasteiger charge is 2.15. The van der Waals surface area contributed by atoms with Crippen LogP contribution in [0.1, 0.15) is 30.4 Å². The first-order valence-corrected chi connectivity index (χ1v) is 9.22. The van der Waals surface area contributed by atoms with E-state index in [1.807, 2.05) is 24.3 Å². The molecule has 1 aliphatic rings. The number of hydrogen-bond donors (Lipinski definition) is 2. The lowest BCUT2D eigenvalue weighted by molar-refractivity contribution is 0.232. The number of rotatable bonds is 7. The molecule has 0 spiro atoms. The van der Waals surface area contributed by atoms with Crippen LogP contribution in [0.15, 0.2) is 24.3 Å². The second-order valence-corrected chi connectivity index (χ2v) is 7.34. The van der Waals surface area contributed by atoms with E-state index in [1.165, 1.54) is 19.3 Å². The molecular formula is C15H25N3O2S. The van der Waals surface area contributed by atoms with E-state index in [1.54, 1.807) is 0 Å². The van der Waals surface area contributed by atoms with E-state index in [0.29, 0.717) is 13.1 Å². The normalized spacial score (nSPS) is 17.0. The number of hydrogen-bond acceptors (Lipinski definition) is 4. The molecule has 1 aromatic carbocycles. The zero-order chi connectivity index (χ0) is 15.1. The van der Waals surface area contributed by atoms with Gasteiger partial charge in [-0.1, -0.05) is 30.7 Å². The smallest absolute Gasteiger partial charge is 0.215 e. The third-order valence-corrected chi connectivity index (χ3v) is 5.22. The molecule has 1 heterocycles. The Balaban J connectivity index is 1.84. The molecule has 0 unspecified atom stereocenters. The lowest BCUT2D eigenvalue weighted by Gasteiger charge is -2.26. The van der Waals surface area contributed by atoms with Crippen molar-refractivity contribution < 1.29 is 8.42 Å². The molecule has 6 heteroatoms. The number of sulfonamides is 1. The highest BCUT2D eigenvalue weighted by atomic mass is 32.2. The van der Waals surface area contributed by atoms with Crippen molar-refractivity contribution in [3.8, 4) is 0 Å². The van der Waals surface area contributed by atoms with Gasteiger partial charge in [-0.15, -0.1) is 0 Å². The van der Waals surface area contributed by atoms with Gasteiger partial charge in [-0.05, 0) is 37.1 Å². The summed E-state index contributed by atoms with van der Waals surface area (Å²) in [5, 5.41) is 0. The zero-order valence-electron chi connectivity index (χ0n) is 12.4. The fourth-order valence-electron chi connectivity index (χ4n) is 2.70. The maximum atomic E-state index is 12.1. The molecule has 1 saturated heterocycles. The van der Waals surface area contributed by atoms with Crippen LogP contribution in [0.3, 0.4) is 0 Å². The first kappa shape index (κ1) is 16.4. The molecule has 0 radical (unpaired) electrons. The number of nitrogens with one attached hydrogen (secondary N) is 1. The van der Waals surface area contributed by atoms with Crippen molar-refractivity contribution in [2.75, 3.05) is 26.2 Å². The van der Waals surface area contributed by atoms with Crippen LogP contribution in [0.5, 0.6) is 0 Å². The van der Waals surface area contributed by atoms with Gasteiger partial charge in [0.05, 0.1) is 5.75 Å². The lowest BCUT2D eigenvalue weighted by atomic mass is 10.1. The van der Waals surface area contributed by atoms with Crippen LogP contribution < -0.4 is 10.5 Å². The largest absolute Gasteiger partial charge is 0.326 e. The minimum absolute atomic E-state index is 0.000370. The van der Waals surface area contributed by atoms with Crippen LogP contribution in [0, 0.1) is 0 Å². The van der Waals surface area contributed by atoms with E-state index in [2.05, 4.69) is 9.62 Å². The van der Waals surface area contributed by atoms with Crippen LogP contribution in [-0.2, 0) is 22.3 Å². The fourth-order valence-corrected chi connectivity index (χ4v) is 3.89. The second-order valence-electron chi connectivity index (χ2n) is 5.53. The Morgan fingerprint density at radius 1 is 1.10 bits per heavy atom. The monoisotopic (exact) mass is 311 g/mol. The summed E-state index contributed by atoms with van der Waals surface area (Å²) < 4.78 is 27.0. The maximum absolute atomic E-state index is 12.1. The molecule has 0 aromatic heterocycles. The highest BCUT2D eigenvalue weighted by Crippen LogP contribution is 2.11. The summed E-state index contributed by atoms with van der Waals surface area (Å²) in [5.74, 6) is 0.000370. The summed E-state index contributed by atoms with van der Waals surface area (Å²) in [6.07, 6.45) is 3.73. The van der Waals surface area contributed by atoms with E-state index in [9.17, 15) is 8.42 Å². The molecule has 0 amide bonds. The minimum Gasteiger partial charge on any atom is -0.326 e. The Morgan fingerprint density at radius 2 is 1.76 bits per heavy atom. The number of nitrogens with zero attached hydrogens (tertiary/aromatic N) is 1. The summed E-state index contributed by atoms with van der Waals surface area (Å²) in [6, 6.07) is 7.42. The van der Waals surface area contributed by atoms with E-state index in [0.717, 1.165) is 30.8 Å². The summed E-state index contributed by atoms with van der Waals surface area (Å²) in [6.45, 7) is 3.79. The molecule has 1 aromatic rings. The van der Waals surface area contributed by atoms with Crippen LogP contribution in [0.25, 0.3) is 0 Å². The lowest BCUT2D eigenvalue weighted by Crippen LogP contribution is -2.38. The first-order chi connectivity index (χ1) is 10.1. The van der Waals surface area contributed by atoms with Gasteiger partial charge >= 0.3 is 0 Å². The van der Waals surface area contributed by atoms with Crippen LogP contribution in [-0.4, -0.2) is 39.5 Å². The number of piperidine rings is 1. The quantitative estimate of drug-likeness (QED) is 0.789. The van der Waals surface area contributed by atoms with Crippen molar-refractivity contribution in [2.24, 2.45) is 5.73 Å². The van der Waals surface area contributed by atoms with Gasteiger partial charge in [-0.25, -0.2) is 13.1 Å². The Bertz CT molecular complexity index is 540. The van der Waals surface area contributed by atoms with Gasteiger partial charge in [0.15, 0.2) is 0 Å². The van der Waals surface area contributed by atoms with E-state index in [-0.39, 0.29) is 5.75 Å². The van der Waals surface area contributed by atoms with Crippen molar-refractivity contribution in [3.05, 3.63) is 35.4 Å². The number of nitrogens with two attached hydrogens (primary N) is 1. The van der Waals surface area contributed by atoms with Crippen molar-refractivity contribution in [1.29, 1.82) is 0 Å². The topological polar surface area (TPSA) is 75.4 Å². The fraction of sp³-hybridized carbons (Fsp3) is 0.600. The van der Waals surface area contributed by atoms with Crippen molar-refractivity contribution in [2.45, 2.75) is 31.6 Å². The van der Waals surface area contributed by atoms with Gasteiger partial charge in [0.25, 0.3) is 0 Å². The van der Waals surface area contributed by atoms with Crippen molar-refractivity contribution in [3.63, 3.8) is 0 Å². The molecule has 1 fully saturated rings. The maximum Gasteiger partial charge on any atom is 0.215 e. The summed E-state index contributed by atoms with van der Waals surface area (Å²) >= 11 is 0. The van der Waals surface area contributed by atoms with Crippen molar-refractivity contribution in [1.82, 2.24) is 9.62 Å². The molecule has 0 saturated carbocycles. The third-order valence-electron chi connectivity index (χ3n) is 3.88. The van der Waals surface area contributed by atoms with Gasteiger partial charge in [0.2, 0.25) is 10.0 Å². The molecule has 21 heavy (non-hydrogen) atoms. The Kier molecular flexibility index (Phi) is 6.17. The van der Waals surface area contributed by atoms with E-state index in [4.69, 9.17) is 5.73 Å². The van der Waals surface area contributed by atoms with Gasteiger partial charge in [0, 0.05) is 19.6 Å². The third kappa shape index (κ3) is 5.39. The average molecular weight is 311 g/mol. The Labute approximate surface area is 127 Å². The van der Waals surface area contributed by atoms with Crippen LogP contribution >= 0.6 is 0 Å². The number of likely N-dealkylation sites (tertiary alicyclic amines) is 1. The summed E-state index contributed by atoms with van der Waals surface area (Å²) in [7, 11) is -3.30. The standard InChI is InChI=1S/C15H25N3O2S/c16-12-14-6-2-3-7-15(14)13-21(19,20)17-8-11-18-9-4-1-5-10-18/h2-3,6-7,17H,1,4-5,8-13,16H2. The second kappa shape index (κ2) is 7.89. The molecule has 1 aliphatic heterocycles. The van der Waals surface area contributed by atoms with Gasteiger partial charge < -0.3 is 10.6 Å². The Hall–Kier alpha value is -0.950.